The topological polar surface area (TPSA) is 20.3 Å². The summed E-state index contributed by atoms with van der Waals surface area (Å²) in [4.78, 5) is 12.4. The van der Waals surface area contributed by atoms with Crippen molar-refractivity contribution in [3.63, 3.8) is 0 Å². The largest absolute Gasteiger partial charge is 0.306 e. The number of hydrogen-bond acceptors (Lipinski definition) is 2. The van der Waals surface area contributed by atoms with Gasteiger partial charge in [0, 0.05) is 12.1 Å². The molecule has 0 bridgehead atoms. The van der Waals surface area contributed by atoms with Crippen LogP contribution in [0.25, 0.3) is 0 Å². The van der Waals surface area contributed by atoms with E-state index in [2.05, 4.69) is 18.9 Å². The smallest absolute Gasteiger partial charge is 0.150 e. The van der Waals surface area contributed by atoms with E-state index in [4.69, 9.17) is 0 Å². The van der Waals surface area contributed by atoms with Crippen LogP contribution in [0.5, 0.6) is 0 Å². The second-order valence-electron chi connectivity index (χ2n) is 4.18. The van der Waals surface area contributed by atoms with Gasteiger partial charge in [0.1, 0.15) is 6.29 Å². The lowest BCUT2D eigenvalue weighted by Crippen LogP contribution is -2.12. The minimum absolute atomic E-state index is 0.729. The number of rotatable bonds is 1. The molecule has 1 aromatic carbocycles. The van der Waals surface area contributed by atoms with E-state index in [1.807, 2.05) is 18.2 Å². The molecule has 0 aromatic heterocycles. The molecule has 2 nitrogen and oxygen atoms in total. The number of carbonyl (C=O) groups excluding carboxylic acids is 1. The highest BCUT2D eigenvalue weighted by Crippen LogP contribution is 2.11. The molecule has 1 heterocycles. The molecule has 0 amide bonds. The van der Waals surface area contributed by atoms with Crippen molar-refractivity contribution in [2.75, 3.05) is 20.1 Å². The van der Waals surface area contributed by atoms with Crippen molar-refractivity contribution in [2.45, 2.75) is 13.3 Å². The van der Waals surface area contributed by atoms with E-state index in [-0.39, 0.29) is 0 Å². The number of benzene rings is 1. The van der Waals surface area contributed by atoms with Gasteiger partial charge in [-0.05, 0) is 25.9 Å². The molecule has 0 aliphatic carbocycles. The highest BCUT2D eigenvalue weighted by atomic mass is 16.1. The molecule has 15 heavy (non-hydrogen) atoms. The van der Waals surface area contributed by atoms with Gasteiger partial charge in [0.05, 0.1) is 0 Å². The van der Waals surface area contributed by atoms with Gasteiger partial charge in [0.2, 0.25) is 0 Å². The lowest BCUT2D eigenvalue weighted by molar-refractivity contribution is 0.112. The van der Waals surface area contributed by atoms with Gasteiger partial charge < -0.3 is 4.90 Å². The molecule has 1 saturated heterocycles. The second kappa shape index (κ2) is 6.36. The third-order valence-corrected chi connectivity index (χ3v) is 2.56. The SMILES string of the molecule is CC1CCN(C)C1.O=Cc1ccccc1. The lowest BCUT2D eigenvalue weighted by atomic mass is 10.2. The summed E-state index contributed by atoms with van der Waals surface area (Å²) in [6.45, 7) is 4.92. The number of aldehydes is 1. The zero-order valence-electron chi connectivity index (χ0n) is 9.52. The van der Waals surface area contributed by atoms with Crippen molar-refractivity contribution in [1.29, 1.82) is 0 Å². The van der Waals surface area contributed by atoms with Crippen LogP contribution < -0.4 is 0 Å². The van der Waals surface area contributed by atoms with Gasteiger partial charge in [0.15, 0.2) is 0 Å². The Morgan fingerprint density at radius 2 is 2.00 bits per heavy atom. The Hall–Kier alpha value is -1.15. The first-order valence-corrected chi connectivity index (χ1v) is 5.41. The first-order chi connectivity index (χ1) is 7.22. The average Bonchev–Trinajstić information content (AvgIpc) is 2.65. The zero-order chi connectivity index (χ0) is 11.1. The van der Waals surface area contributed by atoms with Crippen LogP contribution in [0.4, 0.5) is 0 Å². The monoisotopic (exact) mass is 205 g/mol. The Kier molecular flexibility index (Phi) is 5.05. The molecule has 0 spiro atoms. The maximum atomic E-state index is 10.0. The molecule has 0 saturated carbocycles. The van der Waals surface area contributed by atoms with Crippen LogP contribution in [-0.2, 0) is 0 Å². The van der Waals surface area contributed by atoms with Gasteiger partial charge in [-0.25, -0.2) is 0 Å². The summed E-state index contributed by atoms with van der Waals surface area (Å²) >= 11 is 0. The van der Waals surface area contributed by atoms with Crippen LogP contribution in [0.2, 0.25) is 0 Å². The van der Waals surface area contributed by atoms with Gasteiger partial charge in [-0.3, -0.25) is 4.79 Å². The van der Waals surface area contributed by atoms with Gasteiger partial charge in [-0.15, -0.1) is 0 Å². The van der Waals surface area contributed by atoms with E-state index < -0.39 is 0 Å². The average molecular weight is 205 g/mol. The van der Waals surface area contributed by atoms with Crippen molar-refractivity contribution in [1.82, 2.24) is 4.90 Å². The molecule has 1 unspecified atom stereocenters. The normalized spacial score (nSPS) is 20.5. The summed E-state index contributed by atoms with van der Waals surface area (Å²) < 4.78 is 0. The predicted molar refractivity (Wildman–Crippen MR) is 63.1 cm³/mol. The third-order valence-electron chi connectivity index (χ3n) is 2.56. The van der Waals surface area contributed by atoms with Crippen LogP contribution in [0.3, 0.4) is 0 Å². The van der Waals surface area contributed by atoms with E-state index >= 15 is 0 Å². The summed E-state index contributed by atoms with van der Waals surface area (Å²) in [6, 6.07) is 9.10. The van der Waals surface area contributed by atoms with Crippen LogP contribution in [-0.4, -0.2) is 31.3 Å². The van der Waals surface area contributed by atoms with Gasteiger partial charge in [0.25, 0.3) is 0 Å². The molecule has 0 N–H and O–H groups in total. The van der Waals surface area contributed by atoms with E-state index in [1.54, 1.807) is 12.1 Å². The highest BCUT2D eigenvalue weighted by Gasteiger charge is 2.13. The predicted octanol–water partition coefficient (Wildman–Crippen LogP) is 2.46. The summed E-state index contributed by atoms with van der Waals surface area (Å²) in [7, 11) is 2.18. The number of hydrogen-bond donors (Lipinski definition) is 0. The molecule has 2 rings (SSSR count). The Morgan fingerprint density at radius 3 is 2.27 bits per heavy atom. The summed E-state index contributed by atoms with van der Waals surface area (Å²) in [5, 5.41) is 0. The van der Waals surface area contributed by atoms with Crippen molar-refractivity contribution >= 4 is 6.29 Å². The van der Waals surface area contributed by atoms with Gasteiger partial charge in [-0.1, -0.05) is 37.3 Å². The van der Waals surface area contributed by atoms with Crippen molar-refractivity contribution in [3.8, 4) is 0 Å². The molecule has 1 atom stereocenters. The number of carbonyl (C=O) groups is 1. The molecule has 1 aliphatic rings. The van der Waals surface area contributed by atoms with Crippen LogP contribution in [0.15, 0.2) is 30.3 Å². The van der Waals surface area contributed by atoms with E-state index in [0.717, 1.165) is 17.8 Å². The first kappa shape index (κ1) is 11.9. The number of likely N-dealkylation sites (tertiary alicyclic amines) is 1. The Bertz CT molecular complexity index is 276. The quantitative estimate of drug-likeness (QED) is 0.656. The standard InChI is InChI=1S/C7H6O.C6H13N/c8-6-7-4-2-1-3-5-7;1-6-3-4-7(2)5-6/h1-6H;6H,3-5H2,1-2H3. The van der Waals surface area contributed by atoms with Gasteiger partial charge in [-0.2, -0.15) is 0 Å². The minimum Gasteiger partial charge on any atom is -0.306 e. The first-order valence-electron chi connectivity index (χ1n) is 5.41. The van der Waals surface area contributed by atoms with Crippen LogP contribution >= 0.6 is 0 Å². The number of nitrogens with zero attached hydrogens (tertiary/aromatic N) is 1. The Labute approximate surface area is 91.9 Å². The summed E-state index contributed by atoms with van der Waals surface area (Å²) in [5.41, 5.74) is 0.729. The van der Waals surface area contributed by atoms with E-state index in [9.17, 15) is 4.79 Å². The molecule has 0 radical (unpaired) electrons. The fraction of sp³-hybridized carbons (Fsp3) is 0.462. The summed E-state index contributed by atoms with van der Waals surface area (Å²) in [5.74, 6) is 0.949. The molecule has 2 heteroatoms. The van der Waals surface area contributed by atoms with Crippen LogP contribution in [0.1, 0.15) is 23.7 Å². The lowest BCUT2D eigenvalue weighted by Gasteiger charge is -2.03. The molecular formula is C13H19NO. The van der Waals surface area contributed by atoms with Crippen molar-refractivity contribution in [3.05, 3.63) is 35.9 Å². The van der Waals surface area contributed by atoms with Crippen molar-refractivity contribution in [2.24, 2.45) is 5.92 Å². The molecule has 1 aliphatic heterocycles. The third kappa shape index (κ3) is 4.75. The molecule has 82 valence electrons. The van der Waals surface area contributed by atoms with Crippen molar-refractivity contribution < 1.29 is 4.79 Å². The van der Waals surface area contributed by atoms with Crippen LogP contribution in [0, 0.1) is 5.92 Å². The zero-order valence-corrected chi connectivity index (χ0v) is 9.52. The highest BCUT2D eigenvalue weighted by molar-refractivity contribution is 5.74. The maximum Gasteiger partial charge on any atom is 0.150 e. The summed E-state index contributed by atoms with van der Waals surface area (Å²) in [6.07, 6.45) is 2.23. The van der Waals surface area contributed by atoms with E-state index in [1.165, 1.54) is 19.5 Å². The Balaban J connectivity index is 0.000000151. The van der Waals surface area contributed by atoms with E-state index in [0.29, 0.717) is 0 Å². The van der Waals surface area contributed by atoms with Gasteiger partial charge >= 0.3 is 0 Å². The molecular weight excluding hydrogens is 186 g/mol. The Morgan fingerprint density at radius 1 is 1.33 bits per heavy atom. The second-order valence-corrected chi connectivity index (χ2v) is 4.18. The fourth-order valence-corrected chi connectivity index (χ4v) is 1.69. The molecule has 1 fully saturated rings. The molecule has 1 aromatic rings. The maximum absolute atomic E-state index is 10.0. The fourth-order valence-electron chi connectivity index (χ4n) is 1.69. The minimum atomic E-state index is 0.729.